The maximum atomic E-state index is 12.8. The second-order valence-corrected chi connectivity index (χ2v) is 7.36. The molecule has 0 fully saturated rings. The second-order valence-electron chi connectivity index (χ2n) is 5.71. The Balaban J connectivity index is 2.16. The SMILES string of the molecule is Cc1ccc(C)c(S(=O)(=O)Nc2cc(O)c(O)c3ccccc23)c1. The zero-order valence-corrected chi connectivity index (χ0v) is 14.1. The van der Waals surface area contributed by atoms with Crippen LogP contribution in [0.15, 0.2) is 53.4 Å². The Bertz CT molecular complexity index is 1040. The maximum Gasteiger partial charge on any atom is 0.262 e. The molecule has 0 bridgehead atoms. The van der Waals surface area contributed by atoms with Crippen LogP contribution in [0.25, 0.3) is 10.8 Å². The zero-order chi connectivity index (χ0) is 17.5. The predicted octanol–water partition coefficient (Wildman–Crippen LogP) is 3.67. The molecule has 0 amide bonds. The van der Waals surface area contributed by atoms with Gasteiger partial charge < -0.3 is 10.2 Å². The van der Waals surface area contributed by atoms with E-state index in [1.807, 2.05) is 13.0 Å². The van der Waals surface area contributed by atoms with E-state index in [0.717, 1.165) is 5.56 Å². The van der Waals surface area contributed by atoms with E-state index in [2.05, 4.69) is 4.72 Å². The molecule has 6 heteroatoms. The molecule has 0 aliphatic carbocycles. The van der Waals surface area contributed by atoms with E-state index < -0.39 is 10.0 Å². The third-order valence-electron chi connectivity index (χ3n) is 3.87. The third-order valence-corrected chi connectivity index (χ3v) is 5.38. The topological polar surface area (TPSA) is 86.6 Å². The summed E-state index contributed by atoms with van der Waals surface area (Å²) in [5.41, 5.74) is 1.67. The number of nitrogens with one attached hydrogen (secondary N) is 1. The van der Waals surface area contributed by atoms with Crippen molar-refractivity contribution in [2.24, 2.45) is 0 Å². The van der Waals surface area contributed by atoms with Crippen molar-refractivity contribution in [1.82, 2.24) is 0 Å². The minimum atomic E-state index is -3.83. The molecule has 124 valence electrons. The van der Waals surface area contributed by atoms with Crippen molar-refractivity contribution < 1.29 is 18.6 Å². The molecule has 3 aromatic rings. The normalized spacial score (nSPS) is 11.6. The lowest BCUT2D eigenvalue weighted by atomic mass is 10.1. The van der Waals surface area contributed by atoms with Crippen molar-refractivity contribution in [1.29, 1.82) is 0 Å². The average molecular weight is 343 g/mol. The van der Waals surface area contributed by atoms with Gasteiger partial charge in [-0.15, -0.1) is 0 Å². The van der Waals surface area contributed by atoms with Crippen LogP contribution >= 0.6 is 0 Å². The van der Waals surface area contributed by atoms with E-state index >= 15 is 0 Å². The van der Waals surface area contributed by atoms with Gasteiger partial charge in [0.25, 0.3) is 10.0 Å². The molecule has 3 N–H and O–H groups in total. The number of phenols is 2. The quantitative estimate of drug-likeness (QED) is 0.500. The molecule has 3 aromatic carbocycles. The Morgan fingerprint density at radius 1 is 0.917 bits per heavy atom. The molecule has 5 nitrogen and oxygen atoms in total. The van der Waals surface area contributed by atoms with Gasteiger partial charge in [0.05, 0.1) is 10.6 Å². The summed E-state index contributed by atoms with van der Waals surface area (Å²) >= 11 is 0. The molecule has 0 heterocycles. The van der Waals surface area contributed by atoms with Gasteiger partial charge in [-0.2, -0.15) is 0 Å². The number of hydrogen-bond acceptors (Lipinski definition) is 4. The Hall–Kier alpha value is -2.73. The van der Waals surface area contributed by atoms with Crippen molar-refractivity contribution in [3.05, 3.63) is 59.7 Å². The van der Waals surface area contributed by atoms with Crippen LogP contribution in [0.2, 0.25) is 0 Å². The van der Waals surface area contributed by atoms with Crippen molar-refractivity contribution in [2.75, 3.05) is 4.72 Å². The lowest BCUT2D eigenvalue weighted by Gasteiger charge is -2.14. The van der Waals surface area contributed by atoms with Crippen molar-refractivity contribution >= 4 is 26.5 Å². The highest BCUT2D eigenvalue weighted by atomic mass is 32.2. The summed E-state index contributed by atoms with van der Waals surface area (Å²) in [4.78, 5) is 0.180. The minimum absolute atomic E-state index is 0.180. The van der Waals surface area contributed by atoms with Crippen LogP contribution in [0.3, 0.4) is 0 Å². The van der Waals surface area contributed by atoms with Crippen molar-refractivity contribution in [3.8, 4) is 11.5 Å². The molecule has 0 radical (unpaired) electrons. The summed E-state index contributed by atoms with van der Waals surface area (Å²) in [5, 5.41) is 20.7. The molecule has 0 aliphatic heterocycles. The zero-order valence-electron chi connectivity index (χ0n) is 13.2. The van der Waals surface area contributed by atoms with Gasteiger partial charge in [-0.05, 0) is 31.0 Å². The maximum absolute atomic E-state index is 12.8. The molecule has 0 unspecified atom stereocenters. The lowest BCUT2D eigenvalue weighted by Crippen LogP contribution is -2.14. The fourth-order valence-electron chi connectivity index (χ4n) is 2.63. The van der Waals surface area contributed by atoms with Crippen molar-refractivity contribution in [2.45, 2.75) is 18.7 Å². The van der Waals surface area contributed by atoms with E-state index in [1.165, 1.54) is 6.07 Å². The first-order chi connectivity index (χ1) is 11.3. The highest BCUT2D eigenvalue weighted by molar-refractivity contribution is 7.92. The average Bonchev–Trinajstić information content (AvgIpc) is 2.54. The number of sulfonamides is 1. The number of fused-ring (bicyclic) bond motifs is 1. The fourth-order valence-corrected chi connectivity index (χ4v) is 4.03. The molecule has 0 spiro atoms. The van der Waals surface area contributed by atoms with Gasteiger partial charge in [-0.1, -0.05) is 36.4 Å². The van der Waals surface area contributed by atoms with Gasteiger partial charge >= 0.3 is 0 Å². The number of aryl methyl sites for hydroxylation is 2. The van der Waals surface area contributed by atoms with E-state index in [-0.39, 0.29) is 22.1 Å². The Labute approximate surface area is 140 Å². The third kappa shape index (κ3) is 2.76. The first-order valence-electron chi connectivity index (χ1n) is 7.33. The van der Waals surface area contributed by atoms with Gasteiger partial charge in [0.1, 0.15) is 0 Å². The molecule has 24 heavy (non-hydrogen) atoms. The van der Waals surface area contributed by atoms with E-state index in [9.17, 15) is 18.6 Å². The summed E-state index contributed by atoms with van der Waals surface area (Å²) < 4.78 is 28.0. The van der Waals surface area contributed by atoms with Crippen LogP contribution in [0, 0.1) is 13.8 Å². The highest BCUT2D eigenvalue weighted by Gasteiger charge is 2.20. The number of phenolic OH excluding ortho intramolecular Hbond substituents is 2. The summed E-state index contributed by atoms with van der Waals surface area (Å²) in [6.07, 6.45) is 0. The number of aromatic hydroxyl groups is 2. The monoisotopic (exact) mass is 343 g/mol. The number of anilines is 1. The van der Waals surface area contributed by atoms with E-state index in [4.69, 9.17) is 0 Å². The Kier molecular flexibility index (Phi) is 3.85. The van der Waals surface area contributed by atoms with Crippen LogP contribution < -0.4 is 4.72 Å². The van der Waals surface area contributed by atoms with Crippen LogP contribution in [-0.2, 0) is 10.0 Å². The van der Waals surface area contributed by atoms with Crippen LogP contribution in [0.4, 0.5) is 5.69 Å². The van der Waals surface area contributed by atoms with Gasteiger partial charge in [0, 0.05) is 16.8 Å². The fraction of sp³-hybridized carbons (Fsp3) is 0.111. The Morgan fingerprint density at radius 2 is 1.58 bits per heavy atom. The van der Waals surface area contributed by atoms with Gasteiger partial charge in [-0.25, -0.2) is 8.42 Å². The summed E-state index contributed by atoms with van der Waals surface area (Å²) in [7, 11) is -3.83. The largest absolute Gasteiger partial charge is 0.504 e. The lowest BCUT2D eigenvalue weighted by molar-refractivity contribution is 0.408. The number of hydrogen-bond donors (Lipinski definition) is 3. The van der Waals surface area contributed by atoms with Gasteiger partial charge in [-0.3, -0.25) is 4.72 Å². The molecule has 3 rings (SSSR count). The minimum Gasteiger partial charge on any atom is -0.504 e. The molecule has 0 saturated heterocycles. The molecule has 0 atom stereocenters. The molecule has 0 saturated carbocycles. The molecular weight excluding hydrogens is 326 g/mol. The highest BCUT2D eigenvalue weighted by Crippen LogP contribution is 2.39. The predicted molar refractivity (Wildman–Crippen MR) is 94.0 cm³/mol. The van der Waals surface area contributed by atoms with Crippen molar-refractivity contribution in [3.63, 3.8) is 0 Å². The smallest absolute Gasteiger partial charge is 0.262 e. The molecular formula is C18H17NO4S. The molecule has 0 aliphatic rings. The Morgan fingerprint density at radius 3 is 2.29 bits per heavy atom. The summed E-state index contributed by atoms with van der Waals surface area (Å²) in [6, 6.07) is 13.1. The van der Waals surface area contributed by atoms with Crippen LogP contribution in [-0.4, -0.2) is 18.6 Å². The standard InChI is InChI=1S/C18H17NO4S/c1-11-7-8-12(2)17(9-11)24(22,23)19-15-10-16(20)18(21)14-6-4-3-5-13(14)15/h3-10,19-21H,1-2H3. The first-order valence-corrected chi connectivity index (χ1v) is 8.81. The number of rotatable bonds is 3. The van der Waals surface area contributed by atoms with E-state index in [1.54, 1.807) is 43.3 Å². The summed E-state index contributed by atoms with van der Waals surface area (Å²) in [5.74, 6) is -0.660. The van der Waals surface area contributed by atoms with Gasteiger partial charge in [0.15, 0.2) is 11.5 Å². The van der Waals surface area contributed by atoms with E-state index in [0.29, 0.717) is 16.3 Å². The summed E-state index contributed by atoms with van der Waals surface area (Å²) in [6.45, 7) is 3.54. The van der Waals surface area contributed by atoms with Crippen LogP contribution in [0.5, 0.6) is 11.5 Å². The second kappa shape index (κ2) is 5.72. The van der Waals surface area contributed by atoms with Crippen LogP contribution in [0.1, 0.15) is 11.1 Å². The first kappa shape index (κ1) is 16.1. The number of benzene rings is 3. The van der Waals surface area contributed by atoms with Gasteiger partial charge in [0.2, 0.25) is 0 Å². The molecule has 0 aromatic heterocycles.